The van der Waals surface area contributed by atoms with Crippen LogP contribution in [-0.4, -0.2) is 71.6 Å². The van der Waals surface area contributed by atoms with Gasteiger partial charge in [-0.1, -0.05) is 13.8 Å². The molecule has 0 unspecified atom stereocenters. The lowest BCUT2D eigenvalue weighted by Gasteiger charge is -2.53. The van der Waals surface area contributed by atoms with Crippen LogP contribution in [0.5, 0.6) is 0 Å². The summed E-state index contributed by atoms with van der Waals surface area (Å²) < 4.78 is 0. The Balaban J connectivity index is 1.44. The standard InChI is InChI=1S/C20H39N3/c1-15(2)18-6-8-19(9-7-18)21-10-11-23(17(5)12-21)20-13-22(14-20)16(3)4/h15-20H,6-14H2,1-5H3/t17-,18?,19?/m0/s1. The molecule has 0 amide bonds. The average Bonchev–Trinajstić information content (AvgIpc) is 2.47. The molecule has 3 rings (SSSR count). The van der Waals surface area contributed by atoms with Crippen molar-refractivity contribution in [3.05, 3.63) is 0 Å². The first-order valence-electron chi connectivity index (χ1n) is 10.2. The zero-order chi connectivity index (χ0) is 16.6. The largest absolute Gasteiger partial charge is 0.298 e. The number of piperazine rings is 1. The van der Waals surface area contributed by atoms with E-state index in [0.29, 0.717) is 0 Å². The zero-order valence-corrected chi connectivity index (χ0v) is 16.2. The summed E-state index contributed by atoms with van der Waals surface area (Å²) in [7, 11) is 0. The Bertz CT molecular complexity index is 367. The summed E-state index contributed by atoms with van der Waals surface area (Å²) in [6.07, 6.45) is 5.81. The minimum atomic E-state index is 0.721. The van der Waals surface area contributed by atoms with E-state index in [9.17, 15) is 0 Å². The van der Waals surface area contributed by atoms with Gasteiger partial charge in [0, 0.05) is 56.9 Å². The van der Waals surface area contributed by atoms with Crippen LogP contribution in [-0.2, 0) is 0 Å². The van der Waals surface area contributed by atoms with Gasteiger partial charge >= 0.3 is 0 Å². The van der Waals surface area contributed by atoms with Crippen molar-refractivity contribution in [2.75, 3.05) is 32.7 Å². The molecule has 0 aromatic heterocycles. The molecule has 3 heteroatoms. The van der Waals surface area contributed by atoms with Crippen molar-refractivity contribution in [2.24, 2.45) is 11.8 Å². The zero-order valence-electron chi connectivity index (χ0n) is 16.2. The number of hydrogen-bond donors (Lipinski definition) is 0. The van der Waals surface area contributed by atoms with Crippen molar-refractivity contribution in [1.82, 2.24) is 14.7 Å². The minimum absolute atomic E-state index is 0.721. The van der Waals surface area contributed by atoms with Crippen molar-refractivity contribution in [3.8, 4) is 0 Å². The monoisotopic (exact) mass is 321 g/mol. The lowest BCUT2D eigenvalue weighted by molar-refractivity contribution is -0.0463. The van der Waals surface area contributed by atoms with E-state index in [-0.39, 0.29) is 0 Å². The van der Waals surface area contributed by atoms with Crippen molar-refractivity contribution < 1.29 is 0 Å². The fourth-order valence-corrected chi connectivity index (χ4v) is 5.13. The van der Waals surface area contributed by atoms with Crippen LogP contribution in [0.2, 0.25) is 0 Å². The Labute approximate surface area is 144 Å². The molecule has 0 radical (unpaired) electrons. The van der Waals surface area contributed by atoms with Crippen LogP contribution in [0.25, 0.3) is 0 Å². The van der Waals surface area contributed by atoms with Gasteiger partial charge < -0.3 is 0 Å². The summed E-state index contributed by atoms with van der Waals surface area (Å²) in [5, 5.41) is 0. The first kappa shape index (κ1) is 17.7. The summed E-state index contributed by atoms with van der Waals surface area (Å²) in [4.78, 5) is 8.24. The molecule has 23 heavy (non-hydrogen) atoms. The van der Waals surface area contributed by atoms with Crippen LogP contribution in [0.4, 0.5) is 0 Å². The maximum atomic E-state index is 2.83. The van der Waals surface area contributed by atoms with Gasteiger partial charge in [-0.2, -0.15) is 0 Å². The summed E-state index contributed by atoms with van der Waals surface area (Å²) in [6, 6.07) is 3.17. The third kappa shape index (κ3) is 3.93. The molecule has 2 heterocycles. The van der Waals surface area contributed by atoms with Gasteiger partial charge in [0.25, 0.3) is 0 Å². The molecule has 134 valence electrons. The highest BCUT2D eigenvalue weighted by Crippen LogP contribution is 2.33. The molecule has 1 atom stereocenters. The number of nitrogens with zero attached hydrogens (tertiary/aromatic N) is 3. The highest BCUT2D eigenvalue weighted by molar-refractivity contribution is 4.95. The van der Waals surface area contributed by atoms with Gasteiger partial charge in [0.05, 0.1) is 0 Å². The van der Waals surface area contributed by atoms with E-state index in [1.807, 2.05) is 0 Å². The van der Waals surface area contributed by atoms with E-state index in [1.165, 1.54) is 58.4 Å². The van der Waals surface area contributed by atoms with Crippen LogP contribution in [0, 0.1) is 11.8 Å². The van der Waals surface area contributed by atoms with Gasteiger partial charge in [0.15, 0.2) is 0 Å². The Hall–Kier alpha value is -0.120. The topological polar surface area (TPSA) is 9.72 Å². The SMILES string of the molecule is CC(C)C1CCC(N2CCN(C3CN(C(C)C)C3)[C@@H](C)C2)CC1. The van der Waals surface area contributed by atoms with Crippen molar-refractivity contribution >= 4 is 0 Å². The van der Waals surface area contributed by atoms with Gasteiger partial charge in [-0.05, 0) is 58.3 Å². The second-order valence-corrected chi connectivity index (χ2v) is 9.10. The van der Waals surface area contributed by atoms with Crippen molar-refractivity contribution in [1.29, 1.82) is 0 Å². The first-order chi connectivity index (χ1) is 11.0. The van der Waals surface area contributed by atoms with Gasteiger partial charge in [-0.3, -0.25) is 14.7 Å². The van der Waals surface area contributed by atoms with E-state index in [0.717, 1.165) is 36.0 Å². The summed E-state index contributed by atoms with van der Waals surface area (Å²) in [5.41, 5.74) is 0. The first-order valence-corrected chi connectivity index (χ1v) is 10.2. The summed E-state index contributed by atoms with van der Waals surface area (Å²) in [6.45, 7) is 18.4. The Morgan fingerprint density at radius 3 is 1.96 bits per heavy atom. The predicted molar refractivity (Wildman–Crippen MR) is 98.8 cm³/mol. The number of likely N-dealkylation sites (tertiary alicyclic amines) is 1. The molecule has 0 bridgehead atoms. The normalized spacial score (nSPS) is 35.9. The summed E-state index contributed by atoms with van der Waals surface area (Å²) >= 11 is 0. The Morgan fingerprint density at radius 2 is 1.43 bits per heavy atom. The van der Waals surface area contributed by atoms with Gasteiger partial charge in [0.1, 0.15) is 0 Å². The quantitative estimate of drug-likeness (QED) is 0.786. The highest BCUT2D eigenvalue weighted by Gasteiger charge is 2.39. The molecule has 1 saturated carbocycles. The molecule has 3 fully saturated rings. The van der Waals surface area contributed by atoms with E-state index < -0.39 is 0 Å². The molecular formula is C20H39N3. The molecule has 1 aliphatic carbocycles. The third-order valence-corrected chi connectivity index (χ3v) is 7.00. The number of hydrogen-bond acceptors (Lipinski definition) is 3. The number of rotatable bonds is 4. The van der Waals surface area contributed by atoms with Crippen LogP contribution >= 0.6 is 0 Å². The molecule has 3 aliphatic rings. The van der Waals surface area contributed by atoms with E-state index in [4.69, 9.17) is 0 Å². The van der Waals surface area contributed by atoms with E-state index in [2.05, 4.69) is 49.3 Å². The van der Waals surface area contributed by atoms with E-state index in [1.54, 1.807) is 0 Å². The Morgan fingerprint density at radius 1 is 0.783 bits per heavy atom. The maximum absolute atomic E-state index is 2.83. The van der Waals surface area contributed by atoms with Crippen LogP contribution in [0.3, 0.4) is 0 Å². The van der Waals surface area contributed by atoms with Crippen molar-refractivity contribution in [3.63, 3.8) is 0 Å². The molecule has 0 aromatic carbocycles. The summed E-state index contributed by atoms with van der Waals surface area (Å²) in [5.74, 6) is 1.87. The van der Waals surface area contributed by atoms with Crippen LogP contribution in [0.15, 0.2) is 0 Å². The van der Waals surface area contributed by atoms with Crippen LogP contribution in [0.1, 0.15) is 60.3 Å². The van der Waals surface area contributed by atoms with Gasteiger partial charge in [-0.15, -0.1) is 0 Å². The van der Waals surface area contributed by atoms with Gasteiger partial charge in [0.2, 0.25) is 0 Å². The maximum Gasteiger partial charge on any atom is 0.0354 e. The molecule has 0 N–H and O–H groups in total. The van der Waals surface area contributed by atoms with E-state index >= 15 is 0 Å². The predicted octanol–water partition coefficient (Wildman–Crippen LogP) is 3.30. The van der Waals surface area contributed by atoms with Gasteiger partial charge in [-0.25, -0.2) is 0 Å². The molecule has 0 aromatic rings. The Kier molecular flexibility index (Phi) is 5.70. The average molecular weight is 322 g/mol. The molecule has 2 aliphatic heterocycles. The molecule has 2 saturated heterocycles. The lowest BCUT2D eigenvalue weighted by Crippen LogP contribution is -2.67. The lowest BCUT2D eigenvalue weighted by atomic mass is 9.79. The molecule has 3 nitrogen and oxygen atoms in total. The molecular weight excluding hydrogens is 282 g/mol. The molecule has 0 spiro atoms. The highest BCUT2D eigenvalue weighted by atomic mass is 15.4. The van der Waals surface area contributed by atoms with Crippen molar-refractivity contribution in [2.45, 2.75) is 84.5 Å². The fraction of sp³-hybridized carbons (Fsp3) is 1.00. The second-order valence-electron chi connectivity index (χ2n) is 9.10. The minimum Gasteiger partial charge on any atom is -0.298 e. The third-order valence-electron chi connectivity index (χ3n) is 7.00. The fourth-order valence-electron chi connectivity index (χ4n) is 5.13. The smallest absolute Gasteiger partial charge is 0.0354 e. The second kappa shape index (κ2) is 7.41. The van der Waals surface area contributed by atoms with Crippen LogP contribution < -0.4 is 0 Å².